The van der Waals surface area contributed by atoms with E-state index in [4.69, 9.17) is 4.84 Å². The number of hydrogen-bond acceptors (Lipinski definition) is 7. The minimum absolute atomic E-state index is 0.0914. The summed E-state index contributed by atoms with van der Waals surface area (Å²) in [5.41, 5.74) is 2.47. The van der Waals surface area contributed by atoms with Gasteiger partial charge in [0, 0.05) is 22.8 Å². The first-order chi connectivity index (χ1) is 18.0. The third-order valence-electron chi connectivity index (χ3n) is 6.19. The van der Waals surface area contributed by atoms with Crippen molar-refractivity contribution in [2.45, 2.75) is 31.9 Å². The number of halogens is 3. The van der Waals surface area contributed by atoms with E-state index in [1.807, 2.05) is 0 Å². The molecule has 0 aliphatic heterocycles. The first kappa shape index (κ1) is 27.6. The third-order valence-corrected chi connectivity index (χ3v) is 7.74. The Morgan fingerprint density at radius 1 is 1.05 bits per heavy atom. The van der Waals surface area contributed by atoms with Crippen LogP contribution in [0.15, 0.2) is 54.7 Å². The maximum absolute atomic E-state index is 13.7. The molecule has 3 N–H and O–H groups in total. The molecular formula is C26H29F3N5O3P. The van der Waals surface area contributed by atoms with Gasteiger partial charge in [0.15, 0.2) is 0 Å². The molecule has 0 atom stereocenters. The molecule has 3 aromatic rings. The fourth-order valence-corrected chi connectivity index (χ4v) is 5.37. The minimum Gasteiger partial charge on any atom is -0.339 e. The highest BCUT2D eigenvalue weighted by atomic mass is 31.2. The first-order valence-electron chi connectivity index (χ1n) is 12.2. The smallest absolute Gasteiger partial charge is 0.339 e. The molecule has 1 saturated carbocycles. The maximum Gasteiger partial charge on any atom is 0.421 e. The standard InChI is InChI=1S/C26H29F3N5O3P/c1-38(2,36)22-10-6-5-9-21(22)32-23-20(26(27,28)29)15-30-25(33-23)31-19-13-11-18(12-14-19)24(35)34-37-16-17-7-3-4-8-17/h5-6,9-15,17H,3-4,7-8,16H2,1-2H3,(H,34,35)(H2,30,31,32,33). The molecule has 38 heavy (non-hydrogen) atoms. The molecule has 1 aliphatic carbocycles. The van der Waals surface area contributed by atoms with Crippen LogP contribution in [-0.4, -0.2) is 35.8 Å². The molecule has 1 heterocycles. The van der Waals surface area contributed by atoms with Gasteiger partial charge in [0.25, 0.3) is 5.91 Å². The molecular weight excluding hydrogens is 518 g/mol. The second kappa shape index (κ2) is 11.5. The Morgan fingerprint density at radius 3 is 2.39 bits per heavy atom. The summed E-state index contributed by atoms with van der Waals surface area (Å²) in [5.74, 6) is -0.501. The molecule has 8 nitrogen and oxygen atoms in total. The topological polar surface area (TPSA) is 105 Å². The van der Waals surface area contributed by atoms with E-state index in [1.165, 1.54) is 26.2 Å². The average Bonchev–Trinajstić information content (AvgIpc) is 3.37. The Morgan fingerprint density at radius 2 is 1.74 bits per heavy atom. The number of para-hydroxylation sites is 1. The van der Waals surface area contributed by atoms with Crippen LogP contribution in [0.1, 0.15) is 41.6 Å². The predicted molar refractivity (Wildman–Crippen MR) is 141 cm³/mol. The van der Waals surface area contributed by atoms with Crippen LogP contribution in [0, 0.1) is 5.92 Å². The maximum atomic E-state index is 13.7. The predicted octanol–water partition coefficient (Wildman–Crippen LogP) is 6.08. The number of nitrogens with zero attached hydrogens (tertiary/aromatic N) is 2. The van der Waals surface area contributed by atoms with Gasteiger partial charge in [0.1, 0.15) is 18.5 Å². The molecule has 0 unspecified atom stereocenters. The van der Waals surface area contributed by atoms with Crippen LogP contribution in [0.2, 0.25) is 0 Å². The SMILES string of the molecule is CP(C)(=O)c1ccccc1Nc1nc(Nc2ccc(C(=O)NOCC3CCCC3)cc2)ncc1C(F)(F)F. The van der Waals surface area contributed by atoms with Crippen molar-refractivity contribution in [2.75, 3.05) is 30.6 Å². The van der Waals surface area contributed by atoms with Crippen LogP contribution in [0.5, 0.6) is 0 Å². The zero-order valence-corrected chi connectivity index (χ0v) is 21.9. The number of amides is 1. The summed E-state index contributed by atoms with van der Waals surface area (Å²) in [6.45, 7) is 3.55. The normalized spacial score (nSPS) is 14.3. The van der Waals surface area contributed by atoms with Crippen molar-refractivity contribution in [3.8, 4) is 0 Å². The number of hydrogen-bond donors (Lipinski definition) is 3. The van der Waals surface area contributed by atoms with Crippen LogP contribution < -0.4 is 21.4 Å². The van der Waals surface area contributed by atoms with Crippen LogP contribution in [0.4, 0.5) is 36.3 Å². The first-order valence-corrected chi connectivity index (χ1v) is 14.8. The summed E-state index contributed by atoms with van der Waals surface area (Å²) in [6.07, 6.45) is 0.537. The number of carbonyl (C=O) groups is 1. The van der Waals surface area contributed by atoms with E-state index in [-0.39, 0.29) is 11.6 Å². The van der Waals surface area contributed by atoms with Crippen LogP contribution in [0.3, 0.4) is 0 Å². The van der Waals surface area contributed by atoms with E-state index >= 15 is 0 Å². The summed E-state index contributed by atoms with van der Waals surface area (Å²) in [5, 5.41) is 5.95. The molecule has 0 radical (unpaired) electrons. The zero-order valence-electron chi connectivity index (χ0n) is 21.0. The van der Waals surface area contributed by atoms with E-state index in [9.17, 15) is 22.5 Å². The molecule has 1 aromatic heterocycles. The summed E-state index contributed by atoms with van der Waals surface area (Å²) >= 11 is 0. The number of rotatable bonds is 9. The van der Waals surface area contributed by atoms with Gasteiger partial charge in [-0.15, -0.1) is 0 Å². The van der Waals surface area contributed by atoms with Gasteiger partial charge in [-0.25, -0.2) is 10.5 Å². The molecule has 1 aliphatic rings. The summed E-state index contributed by atoms with van der Waals surface area (Å²) < 4.78 is 53.8. The van der Waals surface area contributed by atoms with Crippen LogP contribution in [-0.2, 0) is 15.6 Å². The zero-order chi connectivity index (χ0) is 27.3. The second-order valence-corrected chi connectivity index (χ2v) is 12.7. The van der Waals surface area contributed by atoms with Gasteiger partial charge < -0.3 is 15.2 Å². The molecule has 0 bridgehead atoms. The Hall–Kier alpha value is -3.43. The Bertz CT molecular complexity index is 1320. The molecule has 12 heteroatoms. The number of aromatic nitrogens is 2. The van der Waals surface area contributed by atoms with E-state index in [2.05, 4.69) is 26.1 Å². The lowest BCUT2D eigenvalue weighted by Crippen LogP contribution is -2.26. The molecule has 1 amide bonds. The molecule has 4 rings (SSSR count). The van der Waals surface area contributed by atoms with Crippen LogP contribution in [0.25, 0.3) is 0 Å². The monoisotopic (exact) mass is 547 g/mol. The lowest BCUT2D eigenvalue weighted by Gasteiger charge is -2.18. The summed E-state index contributed by atoms with van der Waals surface area (Å²) in [7, 11) is -2.79. The largest absolute Gasteiger partial charge is 0.421 e. The number of anilines is 4. The van der Waals surface area contributed by atoms with Gasteiger partial charge in [-0.3, -0.25) is 9.63 Å². The van der Waals surface area contributed by atoms with E-state index in [0.717, 1.165) is 12.8 Å². The van der Waals surface area contributed by atoms with Crippen molar-refractivity contribution in [2.24, 2.45) is 5.92 Å². The van der Waals surface area contributed by atoms with Gasteiger partial charge in [-0.2, -0.15) is 18.2 Å². The summed E-state index contributed by atoms with van der Waals surface area (Å²) in [4.78, 5) is 25.5. The second-order valence-electron chi connectivity index (χ2n) is 9.54. The number of carbonyl (C=O) groups excluding carboxylic acids is 1. The van der Waals surface area contributed by atoms with Gasteiger partial charge in [0.2, 0.25) is 5.95 Å². The third kappa shape index (κ3) is 7.11. The van der Waals surface area contributed by atoms with Gasteiger partial charge >= 0.3 is 6.18 Å². The summed E-state index contributed by atoms with van der Waals surface area (Å²) in [6, 6.07) is 12.7. The number of nitrogens with one attached hydrogen (secondary N) is 3. The Balaban J connectivity index is 1.48. The van der Waals surface area contributed by atoms with Gasteiger partial charge in [-0.05, 0) is 68.5 Å². The number of hydroxylamine groups is 1. The van der Waals surface area contributed by atoms with Crippen molar-refractivity contribution in [1.82, 2.24) is 15.4 Å². The van der Waals surface area contributed by atoms with E-state index < -0.39 is 30.6 Å². The van der Waals surface area contributed by atoms with E-state index in [1.54, 1.807) is 48.5 Å². The van der Waals surface area contributed by atoms with Crippen molar-refractivity contribution in [1.29, 1.82) is 0 Å². The highest BCUT2D eigenvalue weighted by molar-refractivity contribution is 7.70. The van der Waals surface area contributed by atoms with Crippen molar-refractivity contribution in [3.63, 3.8) is 0 Å². The Kier molecular flexibility index (Phi) is 8.38. The quantitative estimate of drug-likeness (QED) is 0.220. The molecule has 2 aromatic carbocycles. The fourth-order valence-electron chi connectivity index (χ4n) is 4.22. The van der Waals surface area contributed by atoms with Crippen molar-refractivity contribution in [3.05, 3.63) is 65.9 Å². The van der Waals surface area contributed by atoms with Crippen molar-refractivity contribution >= 4 is 41.5 Å². The van der Waals surface area contributed by atoms with Crippen LogP contribution >= 0.6 is 7.14 Å². The lowest BCUT2D eigenvalue weighted by atomic mass is 10.1. The highest BCUT2D eigenvalue weighted by Crippen LogP contribution is 2.40. The molecule has 0 spiro atoms. The highest BCUT2D eigenvalue weighted by Gasteiger charge is 2.35. The van der Waals surface area contributed by atoms with Crippen molar-refractivity contribution < 1.29 is 27.4 Å². The number of alkyl halides is 3. The Labute approximate surface area is 218 Å². The fraction of sp³-hybridized carbons (Fsp3) is 0.346. The van der Waals surface area contributed by atoms with E-state index in [0.29, 0.717) is 35.3 Å². The lowest BCUT2D eigenvalue weighted by molar-refractivity contribution is -0.137. The van der Waals surface area contributed by atoms with Gasteiger partial charge in [-0.1, -0.05) is 25.0 Å². The molecule has 202 valence electrons. The molecule has 0 saturated heterocycles. The number of benzene rings is 2. The average molecular weight is 548 g/mol. The molecule has 1 fully saturated rings. The van der Waals surface area contributed by atoms with Gasteiger partial charge in [0.05, 0.1) is 12.3 Å². The minimum atomic E-state index is -4.72.